The molecule has 0 unspecified atom stereocenters. The first-order chi connectivity index (χ1) is 8.74. The van der Waals surface area contributed by atoms with Crippen molar-refractivity contribution < 1.29 is 0 Å². The molecule has 0 aliphatic carbocycles. The van der Waals surface area contributed by atoms with Crippen LogP contribution in [-0.2, 0) is 6.54 Å². The SMILES string of the molecule is CC(C)c1nnc(Cn2cnc3nccnc32)s1. The minimum absolute atomic E-state index is 0.413. The summed E-state index contributed by atoms with van der Waals surface area (Å²) in [6.07, 6.45) is 5.04. The molecule has 0 N–H and O–H groups in total. The quantitative estimate of drug-likeness (QED) is 0.718. The summed E-state index contributed by atoms with van der Waals surface area (Å²) in [5.74, 6) is 0.413. The molecular weight excluding hydrogens is 248 g/mol. The second-order valence-electron chi connectivity index (χ2n) is 4.26. The van der Waals surface area contributed by atoms with Crippen molar-refractivity contribution in [1.82, 2.24) is 29.7 Å². The van der Waals surface area contributed by atoms with Gasteiger partial charge >= 0.3 is 0 Å². The monoisotopic (exact) mass is 260 g/mol. The van der Waals surface area contributed by atoms with Crippen LogP contribution in [0.25, 0.3) is 11.3 Å². The van der Waals surface area contributed by atoms with Crippen LogP contribution in [0.15, 0.2) is 18.7 Å². The van der Waals surface area contributed by atoms with Crippen LogP contribution < -0.4 is 0 Å². The minimum atomic E-state index is 0.413. The molecule has 0 saturated carbocycles. The van der Waals surface area contributed by atoms with Gasteiger partial charge in [0, 0.05) is 18.3 Å². The Kier molecular flexibility index (Phi) is 2.75. The van der Waals surface area contributed by atoms with E-state index in [9.17, 15) is 0 Å². The first kappa shape index (κ1) is 11.2. The summed E-state index contributed by atoms with van der Waals surface area (Å²) in [6.45, 7) is 4.87. The van der Waals surface area contributed by atoms with Crippen molar-refractivity contribution in [3.8, 4) is 0 Å². The molecule has 0 amide bonds. The molecule has 6 nitrogen and oxygen atoms in total. The van der Waals surface area contributed by atoms with E-state index in [0.717, 1.165) is 15.7 Å². The van der Waals surface area contributed by atoms with Gasteiger partial charge in [-0.15, -0.1) is 10.2 Å². The Bertz CT molecular complexity index is 671. The van der Waals surface area contributed by atoms with Crippen LogP contribution in [0, 0.1) is 0 Å². The Balaban J connectivity index is 1.91. The number of aromatic nitrogens is 6. The zero-order valence-electron chi connectivity index (χ0n) is 10.1. The molecule has 0 spiro atoms. The fourth-order valence-corrected chi connectivity index (χ4v) is 2.47. The predicted octanol–water partition coefficient (Wildman–Crippen LogP) is 1.85. The summed E-state index contributed by atoms with van der Waals surface area (Å²) in [6, 6.07) is 0. The van der Waals surface area contributed by atoms with Crippen LogP contribution >= 0.6 is 11.3 Å². The smallest absolute Gasteiger partial charge is 0.197 e. The van der Waals surface area contributed by atoms with Gasteiger partial charge in [-0.3, -0.25) is 0 Å². The highest BCUT2D eigenvalue weighted by atomic mass is 32.1. The molecule has 92 valence electrons. The summed E-state index contributed by atoms with van der Waals surface area (Å²) in [5, 5.41) is 10.4. The first-order valence-corrected chi connectivity index (χ1v) is 6.50. The second-order valence-corrected chi connectivity index (χ2v) is 5.36. The van der Waals surface area contributed by atoms with E-state index in [1.165, 1.54) is 0 Å². The molecule has 0 saturated heterocycles. The number of imidazole rings is 1. The van der Waals surface area contributed by atoms with Gasteiger partial charge in [-0.2, -0.15) is 0 Å². The van der Waals surface area contributed by atoms with Gasteiger partial charge in [0.2, 0.25) is 0 Å². The Morgan fingerprint density at radius 2 is 2.00 bits per heavy atom. The number of nitrogens with zero attached hydrogens (tertiary/aromatic N) is 6. The maximum atomic E-state index is 4.27. The molecule has 0 bridgehead atoms. The van der Waals surface area contributed by atoms with E-state index in [0.29, 0.717) is 18.1 Å². The largest absolute Gasteiger partial charge is 0.307 e. The first-order valence-electron chi connectivity index (χ1n) is 5.68. The van der Waals surface area contributed by atoms with Crippen LogP contribution in [0.4, 0.5) is 0 Å². The Morgan fingerprint density at radius 3 is 2.78 bits per heavy atom. The third kappa shape index (κ3) is 1.97. The summed E-state index contributed by atoms with van der Waals surface area (Å²) in [4.78, 5) is 12.6. The van der Waals surface area contributed by atoms with Crippen LogP contribution in [0.2, 0.25) is 0 Å². The molecule has 0 atom stereocenters. The molecule has 0 radical (unpaired) electrons. The van der Waals surface area contributed by atoms with E-state index in [1.807, 2.05) is 4.57 Å². The summed E-state index contributed by atoms with van der Waals surface area (Å²) in [5.41, 5.74) is 1.44. The van der Waals surface area contributed by atoms with Crippen molar-refractivity contribution in [2.24, 2.45) is 0 Å². The van der Waals surface area contributed by atoms with Crippen LogP contribution in [0.1, 0.15) is 29.8 Å². The summed E-state index contributed by atoms with van der Waals surface area (Å²) >= 11 is 1.63. The zero-order valence-corrected chi connectivity index (χ0v) is 10.9. The normalized spacial score (nSPS) is 11.5. The fraction of sp³-hybridized carbons (Fsp3) is 0.364. The molecule has 3 aromatic heterocycles. The van der Waals surface area contributed by atoms with Gasteiger partial charge < -0.3 is 4.57 Å². The minimum Gasteiger partial charge on any atom is -0.307 e. The fourth-order valence-electron chi connectivity index (χ4n) is 1.62. The lowest BCUT2D eigenvalue weighted by Crippen LogP contribution is -1.98. The van der Waals surface area contributed by atoms with E-state index in [2.05, 4.69) is 39.0 Å². The molecule has 0 fully saturated rings. The summed E-state index contributed by atoms with van der Waals surface area (Å²) in [7, 11) is 0. The van der Waals surface area contributed by atoms with Crippen molar-refractivity contribution in [1.29, 1.82) is 0 Å². The van der Waals surface area contributed by atoms with Gasteiger partial charge in [-0.05, 0) is 0 Å². The Labute approximate surface area is 108 Å². The predicted molar refractivity (Wildman–Crippen MR) is 68.4 cm³/mol. The highest BCUT2D eigenvalue weighted by Crippen LogP contribution is 2.20. The molecule has 18 heavy (non-hydrogen) atoms. The van der Waals surface area contributed by atoms with Gasteiger partial charge in [0.25, 0.3) is 0 Å². The number of hydrogen-bond donors (Lipinski definition) is 0. The van der Waals surface area contributed by atoms with Gasteiger partial charge in [-0.25, -0.2) is 15.0 Å². The second kappa shape index (κ2) is 4.41. The van der Waals surface area contributed by atoms with E-state index in [1.54, 1.807) is 30.1 Å². The lowest BCUT2D eigenvalue weighted by Gasteiger charge is -1.98. The van der Waals surface area contributed by atoms with Crippen molar-refractivity contribution in [3.05, 3.63) is 28.7 Å². The van der Waals surface area contributed by atoms with E-state index in [-0.39, 0.29) is 0 Å². The maximum absolute atomic E-state index is 4.27. The van der Waals surface area contributed by atoms with Crippen molar-refractivity contribution in [2.75, 3.05) is 0 Å². The maximum Gasteiger partial charge on any atom is 0.197 e. The van der Waals surface area contributed by atoms with Crippen LogP contribution in [0.5, 0.6) is 0 Å². The molecule has 3 aromatic rings. The van der Waals surface area contributed by atoms with Gasteiger partial charge in [0.05, 0.1) is 12.9 Å². The Hall–Kier alpha value is -1.89. The average Bonchev–Trinajstić information content (AvgIpc) is 2.98. The average molecular weight is 260 g/mol. The summed E-state index contributed by atoms with van der Waals surface area (Å²) < 4.78 is 1.94. The number of hydrogen-bond acceptors (Lipinski definition) is 6. The van der Waals surface area contributed by atoms with E-state index in [4.69, 9.17) is 0 Å². The van der Waals surface area contributed by atoms with Gasteiger partial charge in [-0.1, -0.05) is 25.2 Å². The van der Waals surface area contributed by atoms with Crippen molar-refractivity contribution in [3.63, 3.8) is 0 Å². The van der Waals surface area contributed by atoms with E-state index >= 15 is 0 Å². The zero-order chi connectivity index (χ0) is 12.5. The lowest BCUT2D eigenvalue weighted by atomic mass is 10.2. The van der Waals surface area contributed by atoms with E-state index < -0.39 is 0 Å². The molecule has 0 aromatic carbocycles. The highest BCUT2D eigenvalue weighted by Gasteiger charge is 2.10. The molecule has 7 heteroatoms. The van der Waals surface area contributed by atoms with Crippen molar-refractivity contribution >= 4 is 22.6 Å². The topological polar surface area (TPSA) is 69.4 Å². The van der Waals surface area contributed by atoms with Gasteiger partial charge in [0.15, 0.2) is 11.3 Å². The van der Waals surface area contributed by atoms with Crippen LogP contribution in [-0.4, -0.2) is 29.7 Å². The number of fused-ring (bicyclic) bond motifs is 1. The molecule has 0 aliphatic heterocycles. The highest BCUT2D eigenvalue weighted by molar-refractivity contribution is 7.11. The number of rotatable bonds is 3. The van der Waals surface area contributed by atoms with Crippen molar-refractivity contribution in [2.45, 2.75) is 26.3 Å². The molecule has 3 rings (SSSR count). The van der Waals surface area contributed by atoms with Gasteiger partial charge in [0.1, 0.15) is 10.0 Å². The third-order valence-corrected chi connectivity index (χ3v) is 3.74. The van der Waals surface area contributed by atoms with Crippen LogP contribution in [0.3, 0.4) is 0 Å². The Morgan fingerprint density at radius 1 is 1.17 bits per heavy atom. The third-order valence-electron chi connectivity index (χ3n) is 2.53. The lowest BCUT2D eigenvalue weighted by molar-refractivity contribution is 0.776. The molecular formula is C11H12N6S. The molecule has 3 heterocycles. The standard InChI is InChI=1S/C11H12N6S/c1-7(2)11-16-15-8(18-11)5-17-6-14-9-10(17)13-4-3-12-9/h3-4,6-7H,5H2,1-2H3. The molecule has 0 aliphatic rings.